The summed E-state index contributed by atoms with van der Waals surface area (Å²) < 4.78 is 5.15. The predicted molar refractivity (Wildman–Crippen MR) is 103 cm³/mol. The van der Waals surface area contributed by atoms with Crippen LogP contribution in [0.3, 0.4) is 0 Å². The summed E-state index contributed by atoms with van der Waals surface area (Å²) in [6.07, 6.45) is 0. The van der Waals surface area contributed by atoms with Crippen molar-refractivity contribution in [1.82, 2.24) is 9.97 Å². The van der Waals surface area contributed by atoms with Crippen LogP contribution < -0.4 is 15.4 Å². The van der Waals surface area contributed by atoms with Crippen molar-refractivity contribution in [2.45, 2.75) is 13.8 Å². The van der Waals surface area contributed by atoms with E-state index in [0.29, 0.717) is 16.9 Å². The molecule has 0 saturated carbocycles. The van der Waals surface area contributed by atoms with E-state index in [9.17, 15) is 0 Å². The Morgan fingerprint density at radius 2 is 1.68 bits per heavy atom. The van der Waals surface area contributed by atoms with Crippen LogP contribution >= 0.6 is 11.6 Å². The Labute approximate surface area is 152 Å². The van der Waals surface area contributed by atoms with Crippen molar-refractivity contribution in [1.29, 1.82) is 0 Å². The smallest absolute Gasteiger partial charge is 0.230 e. The Kier molecular flexibility index (Phi) is 5.05. The number of aryl methyl sites for hydroxylation is 2. The lowest BCUT2D eigenvalue weighted by Gasteiger charge is -2.12. The van der Waals surface area contributed by atoms with Crippen molar-refractivity contribution in [3.8, 4) is 5.75 Å². The number of rotatable bonds is 5. The quantitative estimate of drug-likeness (QED) is 0.613. The van der Waals surface area contributed by atoms with E-state index < -0.39 is 0 Å². The monoisotopic (exact) mass is 354 g/mol. The molecule has 128 valence electrons. The summed E-state index contributed by atoms with van der Waals surface area (Å²) in [4.78, 5) is 8.71. The molecule has 0 bridgehead atoms. The maximum absolute atomic E-state index is 6.15. The van der Waals surface area contributed by atoms with Gasteiger partial charge in [0.25, 0.3) is 0 Å². The second-order valence-corrected chi connectivity index (χ2v) is 6.08. The lowest BCUT2D eigenvalue weighted by atomic mass is 10.1. The van der Waals surface area contributed by atoms with Crippen molar-refractivity contribution >= 4 is 34.7 Å². The van der Waals surface area contributed by atoms with Gasteiger partial charge in [-0.25, -0.2) is 4.98 Å². The van der Waals surface area contributed by atoms with Crippen LogP contribution in [-0.2, 0) is 0 Å². The van der Waals surface area contributed by atoms with Gasteiger partial charge in [0, 0.05) is 17.4 Å². The van der Waals surface area contributed by atoms with Crippen molar-refractivity contribution in [3.05, 3.63) is 64.8 Å². The molecule has 2 aromatic carbocycles. The van der Waals surface area contributed by atoms with Crippen LogP contribution in [0.15, 0.2) is 48.5 Å². The third-order valence-corrected chi connectivity index (χ3v) is 3.89. The van der Waals surface area contributed by atoms with Gasteiger partial charge >= 0.3 is 0 Å². The number of hydrogen-bond acceptors (Lipinski definition) is 5. The molecule has 5 nitrogen and oxygen atoms in total. The highest BCUT2D eigenvalue weighted by Gasteiger charge is 2.06. The SMILES string of the molecule is COc1ccc(Nc2nc(Cl)cc(Nc3cc(C)ccc3C)n2)cc1. The van der Waals surface area contributed by atoms with E-state index in [1.807, 2.05) is 38.1 Å². The van der Waals surface area contributed by atoms with Crippen molar-refractivity contribution < 1.29 is 4.74 Å². The zero-order chi connectivity index (χ0) is 17.8. The molecule has 1 aromatic heterocycles. The maximum Gasteiger partial charge on any atom is 0.230 e. The zero-order valence-corrected chi connectivity index (χ0v) is 15.1. The average Bonchev–Trinajstić information content (AvgIpc) is 2.58. The molecule has 0 radical (unpaired) electrons. The number of nitrogens with one attached hydrogen (secondary N) is 2. The lowest BCUT2D eigenvalue weighted by Crippen LogP contribution is -2.02. The first-order valence-corrected chi connectivity index (χ1v) is 8.21. The number of halogens is 1. The van der Waals surface area contributed by atoms with Gasteiger partial charge in [-0.3, -0.25) is 0 Å². The van der Waals surface area contributed by atoms with Gasteiger partial charge in [-0.15, -0.1) is 0 Å². The van der Waals surface area contributed by atoms with Gasteiger partial charge in [0.2, 0.25) is 5.95 Å². The molecule has 0 amide bonds. The molecule has 2 N–H and O–H groups in total. The molecular formula is C19H19ClN4O. The molecule has 25 heavy (non-hydrogen) atoms. The third kappa shape index (κ3) is 4.39. The summed E-state index contributed by atoms with van der Waals surface area (Å²) in [5, 5.41) is 6.81. The number of methoxy groups -OCH3 is 1. The molecule has 6 heteroatoms. The van der Waals surface area contributed by atoms with E-state index >= 15 is 0 Å². The highest BCUT2D eigenvalue weighted by molar-refractivity contribution is 6.29. The first-order valence-electron chi connectivity index (χ1n) is 7.83. The van der Waals surface area contributed by atoms with Gasteiger partial charge in [-0.2, -0.15) is 4.98 Å². The fourth-order valence-electron chi connectivity index (χ4n) is 2.35. The van der Waals surface area contributed by atoms with E-state index in [0.717, 1.165) is 22.7 Å². The molecule has 3 aromatic rings. The molecule has 0 aliphatic rings. The fraction of sp³-hybridized carbons (Fsp3) is 0.158. The van der Waals surface area contributed by atoms with Crippen LogP contribution in [0.1, 0.15) is 11.1 Å². The number of benzene rings is 2. The van der Waals surface area contributed by atoms with Crippen LogP contribution in [0.2, 0.25) is 5.15 Å². The van der Waals surface area contributed by atoms with Crippen LogP contribution in [0.4, 0.5) is 23.1 Å². The Balaban J connectivity index is 1.83. The molecule has 1 heterocycles. The number of anilines is 4. The largest absolute Gasteiger partial charge is 0.497 e. The highest BCUT2D eigenvalue weighted by atomic mass is 35.5. The van der Waals surface area contributed by atoms with Crippen LogP contribution in [0.5, 0.6) is 5.75 Å². The summed E-state index contributed by atoms with van der Waals surface area (Å²) in [5.74, 6) is 1.84. The van der Waals surface area contributed by atoms with Gasteiger partial charge in [0.1, 0.15) is 16.7 Å². The van der Waals surface area contributed by atoms with E-state index in [2.05, 4.69) is 38.8 Å². The Morgan fingerprint density at radius 1 is 0.920 bits per heavy atom. The van der Waals surface area contributed by atoms with Gasteiger partial charge in [0.15, 0.2) is 0 Å². The summed E-state index contributed by atoms with van der Waals surface area (Å²) in [5.41, 5.74) is 4.14. The molecule has 3 rings (SSSR count). The van der Waals surface area contributed by atoms with E-state index in [1.165, 1.54) is 5.56 Å². The summed E-state index contributed by atoms with van der Waals surface area (Å²) in [6.45, 7) is 4.09. The minimum Gasteiger partial charge on any atom is -0.497 e. The normalized spacial score (nSPS) is 10.4. The van der Waals surface area contributed by atoms with Gasteiger partial charge < -0.3 is 15.4 Å². The number of nitrogens with zero attached hydrogens (tertiary/aromatic N) is 2. The van der Waals surface area contributed by atoms with Crippen LogP contribution in [0.25, 0.3) is 0 Å². The van der Waals surface area contributed by atoms with Crippen LogP contribution in [0, 0.1) is 13.8 Å². The van der Waals surface area contributed by atoms with Crippen molar-refractivity contribution in [2.24, 2.45) is 0 Å². The molecule has 0 fully saturated rings. The topological polar surface area (TPSA) is 59.1 Å². The lowest BCUT2D eigenvalue weighted by molar-refractivity contribution is 0.415. The summed E-state index contributed by atoms with van der Waals surface area (Å²) >= 11 is 6.15. The van der Waals surface area contributed by atoms with Gasteiger partial charge in [0.05, 0.1) is 7.11 Å². The van der Waals surface area contributed by atoms with E-state index in [-0.39, 0.29) is 0 Å². The third-order valence-electron chi connectivity index (χ3n) is 3.70. The van der Waals surface area contributed by atoms with Crippen molar-refractivity contribution in [2.75, 3.05) is 17.7 Å². The van der Waals surface area contributed by atoms with Gasteiger partial charge in [-0.05, 0) is 55.3 Å². The Bertz CT molecular complexity index is 881. The first-order chi connectivity index (χ1) is 12.0. The van der Waals surface area contributed by atoms with E-state index in [1.54, 1.807) is 13.2 Å². The zero-order valence-electron chi connectivity index (χ0n) is 14.3. The fourth-order valence-corrected chi connectivity index (χ4v) is 2.53. The van der Waals surface area contributed by atoms with Crippen LogP contribution in [-0.4, -0.2) is 17.1 Å². The second kappa shape index (κ2) is 7.40. The van der Waals surface area contributed by atoms with Gasteiger partial charge in [-0.1, -0.05) is 23.7 Å². The molecular weight excluding hydrogens is 336 g/mol. The Hall–Kier alpha value is -2.79. The second-order valence-electron chi connectivity index (χ2n) is 5.70. The summed E-state index contributed by atoms with van der Waals surface area (Å²) in [7, 11) is 1.63. The minimum atomic E-state index is 0.360. The molecule has 0 aliphatic heterocycles. The number of aromatic nitrogens is 2. The molecule has 0 saturated heterocycles. The average molecular weight is 355 g/mol. The Morgan fingerprint density at radius 3 is 2.40 bits per heavy atom. The standard InChI is InChI=1S/C19H19ClN4O/c1-12-4-5-13(2)16(10-12)22-18-11-17(20)23-19(24-18)21-14-6-8-15(25-3)9-7-14/h4-11H,1-3H3,(H2,21,22,23,24). The number of ether oxygens (including phenoxy) is 1. The first kappa shape index (κ1) is 17.0. The molecule has 0 spiro atoms. The minimum absolute atomic E-state index is 0.360. The highest BCUT2D eigenvalue weighted by Crippen LogP contribution is 2.24. The molecule has 0 atom stereocenters. The maximum atomic E-state index is 6.15. The molecule has 0 aliphatic carbocycles. The number of hydrogen-bond donors (Lipinski definition) is 2. The summed E-state index contributed by atoms with van der Waals surface area (Å²) in [6, 6.07) is 15.4. The predicted octanol–water partition coefficient (Wildman–Crippen LogP) is 5.24. The van der Waals surface area contributed by atoms with E-state index in [4.69, 9.17) is 16.3 Å². The van der Waals surface area contributed by atoms with Crippen molar-refractivity contribution in [3.63, 3.8) is 0 Å². The molecule has 0 unspecified atom stereocenters.